The maximum Gasteiger partial charge on any atom is 0.305 e. The molecule has 0 aromatic rings. The minimum atomic E-state index is -0.738. The largest absolute Gasteiger partial charge is 0.463 e. The molecule has 1 N–H and O–H groups in total. The molecule has 0 aromatic carbocycles. The third kappa shape index (κ3) is 6.13. The molecule has 1 atom stereocenters. The predicted octanol–water partition coefficient (Wildman–Crippen LogP) is 0.929. The molecule has 0 spiro atoms. The first kappa shape index (κ1) is 10.7. The van der Waals surface area contributed by atoms with Gasteiger partial charge in [-0.2, -0.15) is 0 Å². The Morgan fingerprint density at radius 1 is 1.73 bits per heavy atom. The van der Waals surface area contributed by atoms with E-state index in [0.717, 1.165) is 6.42 Å². The zero-order valence-electron chi connectivity index (χ0n) is 6.55. The summed E-state index contributed by atoms with van der Waals surface area (Å²) in [6.07, 6.45) is 0.419. The fraction of sp³-hybridized carbons (Fsp3) is 0.857. The highest BCUT2D eigenvalue weighted by Gasteiger charge is 2.05. The molecule has 0 saturated heterocycles. The molecule has 0 saturated carbocycles. The molecule has 0 aliphatic heterocycles. The van der Waals surface area contributed by atoms with Gasteiger partial charge in [0, 0.05) is 6.42 Å². The maximum atomic E-state index is 10.7. The lowest BCUT2D eigenvalue weighted by molar-refractivity contribution is -0.146. The summed E-state index contributed by atoms with van der Waals surface area (Å²) in [7, 11) is 0. The number of alkyl halides is 1. The highest BCUT2D eigenvalue weighted by atomic mass is 35.5. The monoisotopic (exact) mass is 180 g/mol. The van der Waals surface area contributed by atoms with Crippen LogP contribution < -0.4 is 0 Å². The van der Waals surface area contributed by atoms with Gasteiger partial charge in [-0.3, -0.25) is 4.79 Å². The predicted molar refractivity (Wildman–Crippen MR) is 42.6 cm³/mol. The third-order valence-electron chi connectivity index (χ3n) is 1.07. The van der Waals surface area contributed by atoms with Crippen molar-refractivity contribution in [3.05, 3.63) is 0 Å². The van der Waals surface area contributed by atoms with Gasteiger partial charge in [0.2, 0.25) is 0 Å². The van der Waals surface area contributed by atoms with Crippen LogP contribution in [-0.4, -0.2) is 29.7 Å². The van der Waals surface area contributed by atoms with Crippen LogP contribution in [0, 0.1) is 0 Å². The van der Waals surface area contributed by atoms with Crippen LogP contribution in [0.15, 0.2) is 0 Å². The Morgan fingerprint density at radius 2 is 2.36 bits per heavy atom. The van der Waals surface area contributed by atoms with E-state index in [4.69, 9.17) is 16.7 Å². The molecule has 0 aliphatic carbocycles. The minimum absolute atomic E-state index is 0.00231. The molecule has 0 radical (unpaired) electrons. The molecular formula is C7H13ClO3. The number of halogens is 1. The molecule has 0 bridgehead atoms. The van der Waals surface area contributed by atoms with Gasteiger partial charge in [0.15, 0.2) is 0 Å². The summed E-state index contributed by atoms with van der Waals surface area (Å²) in [5.74, 6) is -0.184. The normalized spacial score (nSPS) is 12.6. The van der Waals surface area contributed by atoms with E-state index >= 15 is 0 Å². The number of esters is 1. The second kappa shape index (κ2) is 6.43. The Hall–Kier alpha value is -0.280. The highest BCUT2D eigenvalue weighted by molar-refractivity contribution is 6.18. The van der Waals surface area contributed by atoms with Crippen molar-refractivity contribution in [3.8, 4) is 0 Å². The number of aliphatic hydroxyl groups excluding tert-OH is 1. The first-order chi connectivity index (χ1) is 5.20. The molecule has 66 valence electrons. The second-order valence-electron chi connectivity index (χ2n) is 2.24. The van der Waals surface area contributed by atoms with Crippen LogP contribution in [0.2, 0.25) is 0 Å². The number of carbonyl (C=O) groups excluding carboxylic acids is 1. The van der Waals surface area contributed by atoms with Crippen LogP contribution in [0.4, 0.5) is 0 Å². The molecule has 11 heavy (non-hydrogen) atoms. The molecule has 3 nitrogen and oxygen atoms in total. The molecule has 0 heterocycles. The summed E-state index contributed by atoms with van der Waals surface area (Å²) in [6.45, 7) is 1.89. The molecule has 1 unspecified atom stereocenters. The lowest BCUT2D eigenvalue weighted by Crippen LogP contribution is -2.19. The van der Waals surface area contributed by atoms with E-state index in [9.17, 15) is 4.79 Å². The first-order valence-electron chi connectivity index (χ1n) is 3.60. The van der Waals surface area contributed by atoms with Crippen LogP contribution in [0.25, 0.3) is 0 Å². The molecule has 0 aliphatic rings. The Kier molecular flexibility index (Phi) is 6.27. The van der Waals surface area contributed by atoms with E-state index in [1.54, 1.807) is 0 Å². The standard InChI is InChI=1S/C7H13ClO3/c1-2-3-7(10)11-5-6(9)4-8/h6,9H,2-5H2,1H3. The van der Waals surface area contributed by atoms with Crippen molar-refractivity contribution in [2.24, 2.45) is 0 Å². The summed E-state index contributed by atoms with van der Waals surface area (Å²) in [5, 5.41) is 8.87. The van der Waals surface area contributed by atoms with Gasteiger partial charge in [0.05, 0.1) is 5.88 Å². The zero-order valence-corrected chi connectivity index (χ0v) is 7.30. The number of carbonyl (C=O) groups is 1. The topological polar surface area (TPSA) is 46.5 Å². The Balaban J connectivity index is 3.30. The highest BCUT2D eigenvalue weighted by Crippen LogP contribution is 1.94. The average Bonchev–Trinajstić information content (AvgIpc) is 2.01. The van der Waals surface area contributed by atoms with Crippen molar-refractivity contribution in [3.63, 3.8) is 0 Å². The van der Waals surface area contributed by atoms with E-state index in [0.29, 0.717) is 6.42 Å². The van der Waals surface area contributed by atoms with Gasteiger partial charge in [-0.15, -0.1) is 11.6 Å². The number of rotatable bonds is 5. The van der Waals surface area contributed by atoms with Crippen molar-refractivity contribution < 1.29 is 14.6 Å². The summed E-state index contributed by atoms with van der Waals surface area (Å²) >= 11 is 5.27. The van der Waals surface area contributed by atoms with Gasteiger partial charge in [0.25, 0.3) is 0 Å². The fourth-order valence-corrected chi connectivity index (χ4v) is 0.599. The molecular weight excluding hydrogens is 168 g/mol. The summed E-state index contributed by atoms with van der Waals surface area (Å²) in [4.78, 5) is 10.7. The SMILES string of the molecule is CCCC(=O)OCC(O)CCl. The summed E-state index contributed by atoms with van der Waals surface area (Å²) in [6, 6.07) is 0. The fourth-order valence-electron chi connectivity index (χ4n) is 0.510. The van der Waals surface area contributed by atoms with Crippen LogP contribution in [0.3, 0.4) is 0 Å². The number of aliphatic hydroxyl groups is 1. The average molecular weight is 181 g/mol. The molecule has 0 rings (SSSR count). The van der Waals surface area contributed by atoms with Crippen molar-refractivity contribution in [1.82, 2.24) is 0 Å². The summed E-state index contributed by atoms with van der Waals surface area (Å²) in [5.41, 5.74) is 0. The van der Waals surface area contributed by atoms with Gasteiger partial charge >= 0.3 is 5.97 Å². The van der Waals surface area contributed by atoms with Gasteiger partial charge in [-0.25, -0.2) is 0 Å². The lowest BCUT2D eigenvalue weighted by Gasteiger charge is -2.06. The van der Waals surface area contributed by atoms with Crippen molar-refractivity contribution in [2.45, 2.75) is 25.9 Å². The Bertz CT molecular complexity index is 116. The van der Waals surface area contributed by atoms with E-state index in [2.05, 4.69) is 4.74 Å². The number of hydrogen-bond acceptors (Lipinski definition) is 3. The van der Waals surface area contributed by atoms with E-state index < -0.39 is 6.10 Å². The zero-order chi connectivity index (χ0) is 8.69. The number of hydrogen-bond donors (Lipinski definition) is 1. The van der Waals surface area contributed by atoms with Gasteiger partial charge in [-0.05, 0) is 6.42 Å². The maximum absolute atomic E-state index is 10.7. The Morgan fingerprint density at radius 3 is 2.82 bits per heavy atom. The first-order valence-corrected chi connectivity index (χ1v) is 4.13. The molecule has 0 aromatic heterocycles. The van der Waals surface area contributed by atoms with Crippen LogP contribution in [0.5, 0.6) is 0 Å². The molecule has 0 amide bonds. The number of ether oxygens (including phenoxy) is 1. The van der Waals surface area contributed by atoms with Gasteiger partial charge in [-0.1, -0.05) is 6.92 Å². The van der Waals surface area contributed by atoms with Gasteiger partial charge < -0.3 is 9.84 Å². The van der Waals surface area contributed by atoms with Crippen molar-refractivity contribution >= 4 is 17.6 Å². The van der Waals surface area contributed by atoms with E-state index in [1.807, 2.05) is 6.92 Å². The third-order valence-corrected chi connectivity index (χ3v) is 1.43. The molecule has 4 heteroatoms. The van der Waals surface area contributed by atoms with Crippen molar-refractivity contribution in [1.29, 1.82) is 0 Å². The van der Waals surface area contributed by atoms with E-state index in [1.165, 1.54) is 0 Å². The molecule has 0 fully saturated rings. The van der Waals surface area contributed by atoms with Crippen LogP contribution in [0.1, 0.15) is 19.8 Å². The van der Waals surface area contributed by atoms with Crippen LogP contribution >= 0.6 is 11.6 Å². The smallest absolute Gasteiger partial charge is 0.305 e. The second-order valence-corrected chi connectivity index (χ2v) is 2.55. The minimum Gasteiger partial charge on any atom is -0.463 e. The Labute approximate surface area is 71.3 Å². The quantitative estimate of drug-likeness (QED) is 0.506. The summed E-state index contributed by atoms with van der Waals surface area (Å²) < 4.78 is 4.66. The lowest BCUT2D eigenvalue weighted by atomic mass is 10.3. The van der Waals surface area contributed by atoms with Crippen LogP contribution in [-0.2, 0) is 9.53 Å². The van der Waals surface area contributed by atoms with E-state index in [-0.39, 0.29) is 18.5 Å². The van der Waals surface area contributed by atoms with Crippen molar-refractivity contribution in [2.75, 3.05) is 12.5 Å². The van der Waals surface area contributed by atoms with Gasteiger partial charge in [0.1, 0.15) is 12.7 Å².